The normalized spacial score (nSPS) is 23.0. The van der Waals surface area contributed by atoms with Crippen molar-refractivity contribution in [2.75, 3.05) is 37.4 Å². The maximum atomic E-state index is 15.3. The second kappa shape index (κ2) is 6.99. The van der Waals surface area contributed by atoms with Gasteiger partial charge in [-0.1, -0.05) is 0 Å². The van der Waals surface area contributed by atoms with E-state index in [1.807, 2.05) is 0 Å². The quantitative estimate of drug-likeness (QED) is 0.502. The molecule has 1 saturated carbocycles. The van der Waals surface area contributed by atoms with E-state index in [2.05, 4.69) is 4.98 Å². The number of rotatable bonds is 5. The predicted molar refractivity (Wildman–Crippen MR) is 104 cm³/mol. The topological polar surface area (TPSA) is 140 Å². The minimum atomic E-state index is -1.40. The van der Waals surface area contributed by atoms with Crippen LogP contribution in [0.5, 0.6) is 5.75 Å². The SMILES string of the molecule is COc1c(N2CC(F)C(C(N)CO)C2)c(F)c(N)c2c(=O)[nH]c(=O)n(C3CC3)c12. The molecule has 2 aliphatic rings. The molecule has 2 fully saturated rings. The summed E-state index contributed by atoms with van der Waals surface area (Å²) in [4.78, 5) is 28.5. The van der Waals surface area contributed by atoms with Crippen LogP contribution in [0.2, 0.25) is 0 Å². The summed E-state index contributed by atoms with van der Waals surface area (Å²) in [6.07, 6.45) is 0.0454. The zero-order valence-corrected chi connectivity index (χ0v) is 15.8. The average molecular weight is 411 g/mol. The van der Waals surface area contributed by atoms with Gasteiger partial charge in [-0.2, -0.15) is 0 Å². The molecular weight excluding hydrogens is 388 g/mol. The van der Waals surface area contributed by atoms with Crippen LogP contribution in [0.25, 0.3) is 10.9 Å². The van der Waals surface area contributed by atoms with Crippen LogP contribution in [0.1, 0.15) is 18.9 Å². The molecular formula is C18H23F2N5O4. The first-order valence-electron chi connectivity index (χ1n) is 9.39. The molecule has 2 aromatic rings. The molecule has 6 N–H and O–H groups in total. The van der Waals surface area contributed by atoms with E-state index in [1.165, 1.54) is 16.6 Å². The molecule has 0 amide bonds. The number of aromatic amines is 1. The van der Waals surface area contributed by atoms with E-state index >= 15 is 4.39 Å². The molecule has 0 spiro atoms. The fraction of sp³-hybridized carbons (Fsp3) is 0.556. The van der Waals surface area contributed by atoms with Gasteiger partial charge in [0.1, 0.15) is 17.4 Å². The summed E-state index contributed by atoms with van der Waals surface area (Å²) in [7, 11) is 1.29. The van der Waals surface area contributed by atoms with Crippen molar-refractivity contribution in [2.45, 2.75) is 31.1 Å². The average Bonchev–Trinajstić information content (AvgIpc) is 3.44. The number of H-pyrrole nitrogens is 1. The highest BCUT2D eigenvalue weighted by Crippen LogP contribution is 2.46. The van der Waals surface area contributed by atoms with Crippen molar-refractivity contribution >= 4 is 22.3 Å². The number of aliphatic hydroxyl groups is 1. The number of ether oxygens (including phenoxy) is 1. The first kappa shape index (κ1) is 19.6. The Morgan fingerprint density at radius 3 is 2.62 bits per heavy atom. The molecule has 2 heterocycles. The van der Waals surface area contributed by atoms with Gasteiger partial charge in [0.2, 0.25) is 0 Å². The van der Waals surface area contributed by atoms with Gasteiger partial charge in [-0.15, -0.1) is 0 Å². The van der Waals surface area contributed by atoms with E-state index in [9.17, 15) is 19.1 Å². The van der Waals surface area contributed by atoms with Crippen molar-refractivity contribution in [3.63, 3.8) is 0 Å². The number of benzene rings is 1. The monoisotopic (exact) mass is 411 g/mol. The molecule has 11 heteroatoms. The van der Waals surface area contributed by atoms with Crippen LogP contribution in [0.4, 0.5) is 20.2 Å². The highest BCUT2D eigenvalue weighted by molar-refractivity contribution is 5.99. The van der Waals surface area contributed by atoms with Crippen molar-refractivity contribution in [1.82, 2.24) is 9.55 Å². The maximum absolute atomic E-state index is 15.3. The molecule has 9 nitrogen and oxygen atoms in total. The summed E-state index contributed by atoms with van der Waals surface area (Å²) in [6, 6.07) is -0.967. The zero-order chi connectivity index (χ0) is 21.0. The number of nitrogens with one attached hydrogen (secondary N) is 1. The summed E-state index contributed by atoms with van der Waals surface area (Å²) in [5, 5.41) is 9.10. The standard InChI is InChI=1S/C18H23F2N5O4/c1-29-16-14-11(17(27)23-18(28)25(14)7-2-3-7)13(22)12(20)15(16)24-4-8(9(19)5-24)10(21)6-26/h7-10,26H,2-6,21-22H2,1H3,(H,23,27,28). The van der Waals surface area contributed by atoms with E-state index in [1.54, 1.807) is 0 Å². The maximum Gasteiger partial charge on any atom is 0.329 e. The fourth-order valence-corrected chi connectivity index (χ4v) is 4.14. The number of nitrogen functional groups attached to an aromatic ring is 1. The molecule has 1 aliphatic carbocycles. The number of nitrogens with zero attached hydrogens (tertiary/aromatic N) is 2. The number of aromatic nitrogens is 2. The number of hydrogen-bond donors (Lipinski definition) is 4. The highest BCUT2D eigenvalue weighted by Gasteiger charge is 2.40. The molecule has 29 heavy (non-hydrogen) atoms. The van der Waals surface area contributed by atoms with Gasteiger partial charge in [-0.3, -0.25) is 14.3 Å². The number of nitrogens with two attached hydrogens (primary N) is 2. The van der Waals surface area contributed by atoms with Gasteiger partial charge >= 0.3 is 5.69 Å². The van der Waals surface area contributed by atoms with Gasteiger partial charge in [0.25, 0.3) is 5.56 Å². The summed E-state index contributed by atoms with van der Waals surface area (Å²) in [6.45, 7) is -0.569. The molecule has 1 aliphatic heterocycles. The van der Waals surface area contributed by atoms with Gasteiger partial charge < -0.3 is 26.2 Å². The van der Waals surface area contributed by atoms with Gasteiger partial charge in [-0.05, 0) is 12.8 Å². The number of hydrogen-bond acceptors (Lipinski definition) is 7. The van der Waals surface area contributed by atoms with Crippen molar-refractivity contribution in [3.8, 4) is 5.75 Å². The largest absolute Gasteiger partial charge is 0.492 e. The lowest BCUT2D eigenvalue weighted by Gasteiger charge is -2.25. The number of alkyl halides is 1. The Kier molecular flexibility index (Phi) is 4.74. The second-order valence-electron chi connectivity index (χ2n) is 7.62. The Bertz CT molecular complexity index is 1080. The van der Waals surface area contributed by atoms with Crippen molar-refractivity contribution < 1.29 is 18.6 Å². The highest BCUT2D eigenvalue weighted by atomic mass is 19.1. The number of halogens is 2. The Balaban J connectivity index is 1.99. The molecule has 1 aromatic heterocycles. The predicted octanol–water partition coefficient (Wildman–Crippen LogP) is -0.151. The molecule has 3 atom stereocenters. The summed E-state index contributed by atoms with van der Waals surface area (Å²) in [5.41, 5.74) is 9.85. The number of methoxy groups -OCH3 is 1. The lowest BCUT2D eigenvalue weighted by atomic mass is 9.99. The smallest absolute Gasteiger partial charge is 0.329 e. The molecule has 0 radical (unpaired) electrons. The van der Waals surface area contributed by atoms with Crippen LogP contribution < -0.4 is 32.4 Å². The van der Waals surface area contributed by atoms with E-state index in [-0.39, 0.29) is 41.5 Å². The summed E-state index contributed by atoms with van der Waals surface area (Å²) in [5.74, 6) is -1.69. The minimum Gasteiger partial charge on any atom is -0.492 e. The first-order valence-corrected chi connectivity index (χ1v) is 9.39. The Morgan fingerprint density at radius 1 is 1.34 bits per heavy atom. The third-order valence-electron chi connectivity index (χ3n) is 5.77. The lowest BCUT2D eigenvalue weighted by Crippen LogP contribution is -2.39. The first-order chi connectivity index (χ1) is 13.8. The van der Waals surface area contributed by atoms with E-state index in [0.717, 1.165) is 12.8 Å². The van der Waals surface area contributed by atoms with Crippen LogP contribution in [0, 0.1) is 11.7 Å². The van der Waals surface area contributed by atoms with Crippen molar-refractivity contribution in [1.29, 1.82) is 0 Å². The van der Waals surface area contributed by atoms with Gasteiger partial charge in [0, 0.05) is 31.1 Å². The van der Waals surface area contributed by atoms with Crippen LogP contribution in [0.15, 0.2) is 9.59 Å². The zero-order valence-electron chi connectivity index (χ0n) is 15.8. The van der Waals surface area contributed by atoms with Crippen LogP contribution in [0.3, 0.4) is 0 Å². The molecule has 1 aromatic carbocycles. The third-order valence-corrected chi connectivity index (χ3v) is 5.77. The van der Waals surface area contributed by atoms with Crippen LogP contribution in [-0.2, 0) is 0 Å². The molecule has 0 bridgehead atoms. The second-order valence-corrected chi connectivity index (χ2v) is 7.62. The number of anilines is 2. The number of fused-ring (bicyclic) bond motifs is 1. The van der Waals surface area contributed by atoms with Gasteiger partial charge in [0.05, 0.1) is 24.8 Å². The Labute approximate surface area is 163 Å². The van der Waals surface area contributed by atoms with Gasteiger partial charge in [-0.25, -0.2) is 13.6 Å². The van der Waals surface area contributed by atoms with E-state index in [4.69, 9.17) is 16.2 Å². The van der Waals surface area contributed by atoms with E-state index in [0.29, 0.717) is 0 Å². The fourth-order valence-electron chi connectivity index (χ4n) is 4.14. The summed E-state index contributed by atoms with van der Waals surface area (Å²) < 4.78 is 36.7. The summed E-state index contributed by atoms with van der Waals surface area (Å²) >= 11 is 0. The van der Waals surface area contributed by atoms with Crippen LogP contribution >= 0.6 is 0 Å². The molecule has 4 rings (SSSR count). The minimum absolute atomic E-state index is 0.0258. The molecule has 3 unspecified atom stereocenters. The Morgan fingerprint density at radius 2 is 2.03 bits per heavy atom. The molecule has 1 saturated heterocycles. The van der Waals surface area contributed by atoms with Crippen molar-refractivity contribution in [3.05, 3.63) is 26.7 Å². The Hall–Kier alpha value is -2.66. The van der Waals surface area contributed by atoms with Crippen molar-refractivity contribution in [2.24, 2.45) is 11.7 Å². The third kappa shape index (κ3) is 2.96. The van der Waals surface area contributed by atoms with E-state index < -0.39 is 47.5 Å². The number of aliphatic hydroxyl groups excluding tert-OH is 1. The molecule has 158 valence electrons. The lowest BCUT2D eigenvalue weighted by molar-refractivity contribution is 0.184. The van der Waals surface area contributed by atoms with Crippen LogP contribution in [-0.4, -0.2) is 53.7 Å². The van der Waals surface area contributed by atoms with Gasteiger partial charge in [0.15, 0.2) is 11.6 Å².